The highest BCUT2D eigenvalue weighted by Crippen LogP contribution is 2.23. The van der Waals surface area contributed by atoms with Gasteiger partial charge in [0.2, 0.25) is 10.0 Å². The van der Waals surface area contributed by atoms with E-state index in [-0.39, 0.29) is 17.1 Å². The number of halogens is 1. The molecular weight excluding hydrogens is 340 g/mol. The number of nitrogens with one attached hydrogen (secondary N) is 1. The van der Waals surface area contributed by atoms with Gasteiger partial charge in [0.05, 0.1) is 5.69 Å². The van der Waals surface area contributed by atoms with Crippen molar-refractivity contribution < 1.29 is 8.42 Å². The first-order valence-electron chi connectivity index (χ1n) is 5.99. The molecule has 2 rings (SSSR count). The fourth-order valence-electron chi connectivity index (χ4n) is 1.70. The van der Waals surface area contributed by atoms with Crippen LogP contribution in [0, 0.1) is 6.92 Å². The highest BCUT2D eigenvalue weighted by Gasteiger charge is 2.17. The summed E-state index contributed by atoms with van der Waals surface area (Å²) in [5.74, 6) is 0. The minimum Gasteiger partial charge on any atom is -0.398 e. The van der Waals surface area contributed by atoms with Crippen molar-refractivity contribution in [2.24, 2.45) is 0 Å². The first-order valence-corrected chi connectivity index (χ1v) is 8.26. The summed E-state index contributed by atoms with van der Waals surface area (Å²) in [7, 11) is -3.63. The van der Waals surface area contributed by atoms with E-state index in [1.807, 2.05) is 31.2 Å². The van der Waals surface area contributed by atoms with Gasteiger partial charge in [-0.2, -0.15) is 0 Å². The summed E-state index contributed by atoms with van der Waals surface area (Å²) in [5, 5.41) is 0. The molecule has 0 aromatic heterocycles. The molecule has 106 valence electrons. The predicted octanol–water partition coefficient (Wildman–Crippen LogP) is 2.82. The number of rotatable bonds is 4. The maximum Gasteiger partial charge on any atom is 0.242 e. The Morgan fingerprint density at radius 2 is 1.80 bits per heavy atom. The maximum absolute atomic E-state index is 12.2. The molecule has 0 aliphatic carbocycles. The highest BCUT2D eigenvalue weighted by molar-refractivity contribution is 9.10. The van der Waals surface area contributed by atoms with Gasteiger partial charge in [-0.3, -0.25) is 0 Å². The topological polar surface area (TPSA) is 72.2 Å². The van der Waals surface area contributed by atoms with Crippen LogP contribution < -0.4 is 10.5 Å². The van der Waals surface area contributed by atoms with Crippen molar-refractivity contribution in [2.45, 2.75) is 18.4 Å². The van der Waals surface area contributed by atoms with Gasteiger partial charge in [0.25, 0.3) is 0 Å². The van der Waals surface area contributed by atoms with Crippen LogP contribution in [0.3, 0.4) is 0 Å². The van der Waals surface area contributed by atoms with E-state index in [4.69, 9.17) is 5.73 Å². The first kappa shape index (κ1) is 15.0. The Labute approximate surface area is 127 Å². The van der Waals surface area contributed by atoms with Crippen LogP contribution >= 0.6 is 15.9 Å². The molecule has 0 aliphatic rings. The van der Waals surface area contributed by atoms with E-state index in [0.717, 1.165) is 11.1 Å². The van der Waals surface area contributed by atoms with Crippen molar-refractivity contribution in [1.29, 1.82) is 0 Å². The van der Waals surface area contributed by atoms with E-state index >= 15 is 0 Å². The molecule has 0 fully saturated rings. The average Bonchev–Trinajstić information content (AvgIpc) is 2.41. The zero-order chi connectivity index (χ0) is 14.8. The lowest BCUT2D eigenvalue weighted by Crippen LogP contribution is -2.24. The third kappa shape index (κ3) is 3.59. The lowest BCUT2D eigenvalue weighted by molar-refractivity contribution is 0.581. The van der Waals surface area contributed by atoms with E-state index in [9.17, 15) is 8.42 Å². The van der Waals surface area contributed by atoms with Crippen LogP contribution in [0.1, 0.15) is 11.1 Å². The molecule has 20 heavy (non-hydrogen) atoms. The minimum atomic E-state index is -3.63. The number of hydrogen-bond acceptors (Lipinski definition) is 3. The van der Waals surface area contributed by atoms with Gasteiger partial charge in [-0.1, -0.05) is 45.8 Å². The van der Waals surface area contributed by atoms with E-state index in [0.29, 0.717) is 4.47 Å². The molecular formula is C14H15BrN2O2S. The molecule has 2 aromatic carbocycles. The molecule has 0 radical (unpaired) electrons. The van der Waals surface area contributed by atoms with Crippen LogP contribution in [0.5, 0.6) is 0 Å². The summed E-state index contributed by atoms with van der Waals surface area (Å²) in [6.45, 7) is 2.21. The molecule has 3 N–H and O–H groups in total. The number of hydrogen-bond donors (Lipinski definition) is 2. The van der Waals surface area contributed by atoms with Gasteiger partial charge in [-0.25, -0.2) is 13.1 Å². The smallest absolute Gasteiger partial charge is 0.242 e. The summed E-state index contributed by atoms with van der Waals surface area (Å²) in [4.78, 5) is 0.0824. The third-order valence-corrected chi connectivity index (χ3v) is 4.80. The summed E-state index contributed by atoms with van der Waals surface area (Å²) in [5.41, 5.74) is 7.98. The van der Waals surface area contributed by atoms with Gasteiger partial charge in [-0.15, -0.1) is 0 Å². The average molecular weight is 355 g/mol. The SMILES string of the molecule is Cc1ccc(CNS(=O)(=O)c2cc(Br)ccc2N)cc1. The largest absolute Gasteiger partial charge is 0.398 e. The lowest BCUT2D eigenvalue weighted by atomic mass is 10.2. The zero-order valence-electron chi connectivity index (χ0n) is 10.9. The van der Waals surface area contributed by atoms with Crippen LogP contribution in [0.2, 0.25) is 0 Å². The van der Waals surface area contributed by atoms with Crippen molar-refractivity contribution in [3.05, 3.63) is 58.1 Å². The molecule has 0 atom stereocenters. The standard InChI is InChI=1S/C14H15BrN2O2S/c1-10-2-4-11(5-3-10)9-17-20(18,19)14-8-12(15)6-7-13(14)16/h2-8,17H,9,16H2,1H3. The maximum atomic E-state index is 12.2. The van der Waals surface area contributed by atoms with Gasteiger partial charge in [0, 0.05) is 11.0 Å². The number of benzene rings is 2. The Kier molecular flexibility index (Phi) is 4.47. The van der Waals surface area contributed by atoms with Gasteiger partial charge < -0.3 is 5.73 Å². The molecule has 6 heteroatoms. The molecule has 0 spiro atoms. The van der Waals surface area contributed by atoms with Crippen molar-refractivity contribution in [2.75, 3.05) is 5.73 Å². The first-order chi connectivity index (χ1) is 9.38. The van der Waals surface area contributed by atoms with Crippen molar-refractivity contribution in [1.82, 2.24) is 4.72 Å². The Hall–Kier alpha value is -1.37. The van der Waals surface area contributed by atoms with Gasteiger partial charge in [0.15, 0.2) is 0 Å². The predicted molar refractivity (Wildman–Crippen MR) is 83.8 cm³/mol. The van der Waals surface area contributed by atoms with Gasteiger partial charge in [0.1, 0.15) is 4.90 Å². The summed E-state index contributed by atoms with van der Waals surface area (Å²) < 4.78 is 27.7. The summed E-state index contributed by atoms with van der Waals surface area (Å²) >= 11 is 3.24. The molecule has 0 heterocycles. The molecule has 0 amide bonds. The number of nitrogens with two attached hydrogens (primary N) is 1. The summed E-state index contributed by atoms with van der Waals surface area (Å²) in [6.07, 6.45) is 0. The molecule has 0 aliphatic heterocycles. The Balaban J connectivity index is 2.19. The van der Waals surface area contributed by atoms with Crippen molar-refractivity contribution >= 4 is 31.6 Å². The van der Waals surface area contributed by atoms with E-state index in [2.05, 4.69) is 20.7 Å². The molecule has 4 nitrogen and oxygen atoms in total. The minimum absolute atomic E-state index is 0.0824. The second-order valence-electron chi connectivity index (χ2n) is 4.49. The van der Waals surface area contributed by atoms with Gasteiger partial charge >= 0.3 is 0 Å². The number of sulfonamides is 1. The van der Waals surface area contributed by atoms with Crippen LogP contribution in [0.15, 0.2) is 51.8 Å². The lowest BCUT2D eigenvalue weighted by Gasteiger charge is -2.09. The van der Waals surface area contributed by atoms with Gasteiger partial charge in [-0.05, 0) is 30.7 Å². The number of nitrogen functional groups attached to an aromatic ring is 1. The zero-order valence-corrected chi connectivity index (χ0v) is 13.3. The molecule has 0 unspecified atom stereocenters. The molecule has 0 bridgehead atoms. The number of anilines is 1. The fourth-order valence-corrected chi connectivity index (χ4v) is 3.39. The van der Waals surface area contributed by atoms with E-state index in [1.165, 1.54) is 6.07 Å². The fraction of sp³-hybridized carbons (Fsp3) is 0.143. The summed E-state index contributed by atoms with van der Waals surface area (Å²) in [6, 6.07) is 12.4. The molecule has 0 saturated carbocycles. The van der Waals surface area contributed by atoms with Crippen LogP contribution in [0.25, 0.3) is 0 Å². The van der Waals surface area contributed by atoms with Crippen molar-refractivity contribution in [3.63, 3.8) is 0 Å². The Morgan fingerprint density at radius 1 is 1.15 bits per heavy atom. The van der Waals surface area contributed by atoms with Crippen molar-refractivity contribution in [3.8, 4) is 0 Å². The van der Waals surface area contributed by atoms with Crippen LogP contribution in [-0.2, 0) is 16.6 Å². The second kappa shape index (κ2) is 5.95. The Morgan fingerprint density at radius 3 is 2.45 bits per heavy atom. The van der Waals surface area contributed by atoms with E-state index in [1.54, 1.807) is 12.1 Å². The van der Waals surface area contributed by atoms with Crippen LogP contribution in [0.4, 0.5) is 5.69 Å². The molecule has 0 saturated heterocycles. The monoisotopic (exact) mass is 354 g/mol. The molecule has 2 aromatic rings. The normalized spacial score (nSPS) is 11.5. The number of aryl methyl sites for hydroxylation is 1. The Bertz CT molecular complexity index is 712. The highest BCUT2D eigenvalue weighted by atomic mass is 79.9. The van der Waals surface area contributed by atoms with E-state index < -0.39 is 10.0 Å². The second-order valence-corrected chi connectivity index (χ2v) is 7.14. The quantitative estimate of drug-likeness (QED) is 0.829. The third-order valence-electron chi connectivity index (χ3n) is 2.85. The van der Waals surface area contributed by atoms with Crippen LogP contribution in [-0.4, -0.2) is 8.42 Å².